The lowest BCUT2D eigenvalue weighted by Gasteiger charge is -2.33. The number of rotatable bonds is 2. The van der Waals surface area contributed by atoms with Crippen LogP contribution in [0.5, 0.6) is 5.75 Å². The summed E-state index contributed by atoms with van der Waals surface area (Å²) in [5.41, 5.74) is 1.49. The molecule has 2 heteroatoms. The topological polar surface area (TPSA) is 12.5 Å². The second kappa shape index (κ2) is 4.93. The van der Waals surface area contributed by atoms with E-state index in [9.17, 15) is 0 Å². The fourth-order valence-corrected chi connectivity index (χ4v) is 3.98. The highest BCUT2D eigenvalue weighted by atomic mass is 16.5. The van der Waals surface area contributed by atoms with Crippen LogP contribution in [0, 0.1) is 11.8 Å². The third-order valence-electron chi connectivity index (χ3n) is 4.80. The van der Waals surface area contributed by atoms with Crippen molar-refractivity contribution in [2.24, 2.45) is 11.8 Å². The maximum atomic E-state index is 5.37. The Hall–Kier alpha value is -1.02. The van der Waals surface area contributed by atoms with Gasteiger partial charge in [-0.15, -0.1) is 0 Å². The molecule has 0 radical (unpaired) electrons. The van der Waals surface area contributed by atoms with Crippen molar-refractivity contribution >= 4 is 0 Å². The number of fused-ring (bicyclic) bond motifs is 1. The van der Waals surface area contributed by atoms with Crippen LogP contribution in [0.1, 0.15) is 30.7 Å². The number of ether oxygens (including phenoxy) is 1. The van der Waals surface area contributed by atoms with E-state index in [1.807, 2.05) is 6.07 Å². The van der Waals surface area contributed by atoms with Crippen LogP contribution in [0.4, 0.5) is 0 Å². The Morgan fingerprint density at radius 1 is 1.22 bits per heavy atom. The van der Waals surface area contributed by atoms with Crippen molar-refractivity contribution in [3.05, 3.63) is 29.8 Å². The molecule has 2 aliphatic rings. The van der Waals surface area contributed by atoms with Crippen molar-refractivity contribution in [2.75, 3.05) is 27.2 Å². The van der Waals surface area contributed by atoms with Crippen LogP contribution in [-0.4, -0.2) is 32.1 Å². The molecule has 1 heterocycles. The van der Waals surface area contributed by atoms with Gasteiger partial charge in [-0.1, -0.05) is 18.6 Å². The molecule has 1 saturated carbocycles. The molecule has 1 aromatic rings. The van der Waals surface area contributed by atoms with Crippen LogP contribution in [0.25, 0.3) is 0 Å². The number of benzene rings is 1. The zero-order valence-electron chi connectivity index (χ0n) is 11.4. The van der Waals surface area contributed by atoms with Crippen molar-refractivity contribution < 1.29 is 4.74 Å². The molecule has 0 spiro atoms. The standard InChI is InChI=1S/C16H23NO/c1-17-10-13-6-4-8-15(16(13)11-17)12-5-3-7-14(9-12)18-2/h3,5,7,9,13,15-16H,4,6,8,10-11H2,1-2H3/t13-,15+,16-/m1/s1. The van der Waals surface area contributed by atoms with Gasteiger partial charge in [0.2, 0.25) is 0 Å². The summed E-state index contributed by atoms with van der Waals surface area (Å²) in [4.78, 5) is 2.51. The van der Waals surface area contributed by atoms with Gasteiger partial charge in [-0.05, 0) is 55.3 Å². The Balaban J connectivity index is 1.85. The minimum atomic E-state index is 0.740. The maximum absolute atomic E-state index is 5.37. The molecule has 2 fully saturated rings. The first-order valence-electron chi connectivity index (χ1n) is 7.10. The van der Waals surface area contributed by atoms with Crippen LogP contribution < -0.4 is 4.74 Å². The van der Waals surface area contributed by atoms with Gasteiger partial charge in [0.15, 0.2) is 0 Å². The molecule has 0 aromatic heterocycles. The fourth-order valence-electron chi connectivity index (χ4n) is 3.98. The lowest BCUT2D eigenvalue weighted by Crippen LogP contribution is -2.25. The largest absolute Gasteiger partial charge is 0.497 e. The van der Waals surface area contributed by atoms with E-state index >= 15 is 0 Å². The molecule has 18 heavy (non-hydrogen) atoms. The summed E-state index contributed by atoms with van der Waals surface area (Å²) in [6, 6.07) is 8.71. The molecule has 1 aliphatic heterocycles. The smallest absolute Gasteiger partial charge is 0.119 e. The number of nitrogens with zero attached hydrogens (tertiary/aromatic N) is 1. The van der Waals surface area contributed by atoms with Crippen LogP contribution in [0.15, 0.2) is 24.3 Å². The minimum absolute atomic E-state index is 0.740. The third-order valence-corrected chi connectivity index (χ3v) is 4.80. The lowest BCUT2D eigenvalue weighted by molar-refractivity contribution is 0.257. The predicted molar refractivity (Wildman–Crippen MR) is 74.1 cm³/mol. The summed E-state index contributed by atoms with van der Waals surface area (Å²) in [7, 11) is 4.02. The van der Waals surface area contributed by atoms with E-state index in [4.69, 9.17) is 4.74 Å². The van der Waals surface area contributed by atoms with Gasteiger partial charge in [-0.3, -0.25) is 0 Å². The van der Waals surface area contributed by atoms with Gasteiger partial charge in [-0.2, -0.15) is 0 Å². The average Bonchev–Trinajstić information content (AvgIpc) is 2.78. The van der Waals surface area contributed by atoms with E-state index in [0.717, 1.165) is 23.5 Å². The summed E-state index contributed by atoms with van der Waals surface area (Å²) in [6.45, 7) is 2.57. The van der Waals surface area contributed by atoms with E-state index in [2.05, 4.69) is 30.1 Å². The molecule has 0 bridgehead atoms. The molecule has 0 amide bonds. The second-order valence-electron chi connectivity index (χ2n) is 5.96. The van der Waals surface area contributed by atoms with Crippen LogP contribution in [0.3, 0.4) is 0 Å². The Morgan fingerprint density at radius 3 is 2.94 bits per heavy atom. The highest BCUT2D eigenvalue weighted by molar-refractivity contribution is 5.32. The Bertz CT molecular complexity index is 417. The monoisotopic (exact) mass is 245 g/mol. The first kappa shape index (κ1) is 12.0. The molecule has 2 nitrogen and oxygen atoms in total. The summed E-state index contributed by atoms with van der Waals surface area (Å²) < 4.78 is 5.37. The second-order valence-corrected chi connectivity index (χ2v) is 5.96. The van der Waals surface area contributed by atoms with Gasteiger partial charge < -0.3 is 9.64 Å². The zero-order chi connectivity index (χ0) is 12.5. The average molecular weight is 245 g/mol. The lowest BCUT2D eigenvalue weighted by atomic mass is 9.71. The molecule has 1 aliphatic carbocycles. The fraction of sp³-hybridized carbons (Fsp3) is 0.625. The number of methoxy groups -OCH3 is 1. The van der Waals surface area contributed by atoms with Gasteiger partial charge in [-0.25, -0.2) is 0 Å². The SMILES string of the molecule is COc1cccc([C@@H]2CCC[C@@H]3CN(C)C[C@H]32)c1. The van der Waals surface area contributed by atoms with Gasteiger partial charge in [0.1, 0.15) is 5.75 Å². The summed E-state index contributed by atoms with van der Waals surface area (Å²) in [6.07, 6.45) is 4.16. The van der Waals surface area contributed by atoms with Crippen LogP contribution in [0.2, 0.25) is 0 Å². The van der Waals surface area contributed by atoms with E-state index in [1.54, 1.807) is 7.11 Å². The van der Waals surface area contributed by atoms with Crippen molar-refractivity contribution in [1.29, 1.82) is 0 Å². The molecule has 3 atom stereocenters. The number of likely N-dealkylation sites (tertiary alicyclic amines) is 1. The Kier molecular flexibility index (Phi) is 3.29. The highest BCUT2D eigenvalue weighted by Crippen LogP contribution is 2.45. The summed E-state index contributed by atoms with van der Waals surface area (Å²) in [5.74, 6) is 3.51. The van der Waals surface area contributed by atoms with Crippen molar-refractivity contribution in [2.45, 2.75) is 25.2 Å². The first-order valence-corrected chi connectivity index (χ1v) is 7.10. The van der Waals surface area contributed by atoms with Crippen molar-refractivity contribution in [3.8, 4) is 5.75 Å². The minimum Gasteiger partial charge on any atom is -0.497 e. The zero-order valence-corrected chi connectivity index (χ0v) is 11.4. The van der Waals surface area contributed by atoms with Gasteiger partial charge in [0.05, 0.1) is 7.11 Å². The Morgan fingerprint density at radius 2 is 2.11 bits per heavy atom. The van der Waals surface area contributed by atoms with Gasteiger partial charge in [0.25, 0.3) is 0 Å². The summed E-state index contributed by atoms with van der Waals surface area (Å²) >= 11 is 0. The van der Waals surface area contributed by atoms with Gasteiger partial charge >= 0.3 is 0 Å². The molecular formula is C16H23NO. The third kappa shape index (κ3) is 2.14. The first-order chi connectivity index (χ1) is 8.78. The van der Waals surface area contributed by atoms with Crippen LogP contribution >= 0.6 is 0 Å². The molecule has 1 aromatic carbocycles. The van der Waals surface area contributed by atoms with E-state index < -0.39 is 0 Å². The molecule has 0 N–H and O–H groups in total. The van der Waals surface area contributed by atoms with Crippen molar-refractivity contribution in [1.82, 2.24) is 4.90 Å². The van der Waals surface area contributed by atoms with Crippen LogP contribution in [-0.2, 0) is 0 Å². The van der Waals surface area contributed by atoms with E-state index in [-0.39, 0.29) is 0 Å². The number of hydrogen-bond acceptors (Lipinski definition) is 2. The molecule has 3 rings (SSSR count). The maximum Gasteiger partial charge on any atom is 0.119 e. The van der Waals surface area contributed by atoms with E-state index in [0.29, 0.717) is 0 Å². The molecule has 98 valence electrons. The normalized spacial score (nSPS) is 32.2. The molecule has 0 unspecified atom stereocenters. The quantitative estimate of drug-likeness (QED) is 0.793. The highest BCUT2D eigenvalue weighted by Gasteiger charge is 2.39. The summed E-state index contributed by atoms with van der Waals surface area (Å²) in [5, 5.41) is 0. The van der Waals surface area contributed by atoms with E-state index in [1.165, 1.54) is 37.9 Å². The Labute approximate surface area is 110 Å². The molecule has 1 saturated heterocycles. The number of hydrogen-bond donors (Lipinski definition) is 0. The van der Waals surface area contributed by atoms with Crippen molar-refractivity contribution in [3.63, 3.8) is 0 Å². The van der Waals surface area contributed by atoms with Gasteiger partial charge in [0, 0.05) is 13.1 Å². The molecular weight excluding hydrogens is 222 g/mol. The predicted octanol–water partition coefficient (Wildman–Crippen LogP) is 3.14.